The van der Waals surface area contributed by atoms with Crippen LogP contribution in [0.25, 0.3) is 0 Å². The molecule has 1 heterocycles. The number of hydrogen-bond acceptors (Lipinski definition) is 6. The van der Waals surface area contributed by atoms with Gasteiger partial charge in [-0.1, -0.05) is 30.3 Å². The average molecular weight is 341 g/mol. The molecule has 2 rings (SSSR count). The molecule has 0 aliphatic carbocycles. The molecule has 0 bridgehead atoms. The molecule has 0 radical (unpaired) electrons. The third kappa shape index (κ3) is 5.02. The van der Waals surface area contributed by atoms with Crippen LogP contribution in [0.2, 0.25) is 0 Å². The summed E-state index contributed by atoms with van der Waals surface area (Å²) in [7, 11) is -3.80. The molecule has 0 spiro atoms. The van der Waals surface area contributed by atoms with Crippen LogP contribution in [0.15, 0.2) is 30.3 Å². The van der Waals surface area contributed by atoms with Gasteiger partial charge in [0.1, 0.15) is 12.6 Å². The molecular formula is C14H19N3O5S. The second-order valence-corrected chi connectivity index (χ2v) is 7.18. The molecule has 1 unspecified atom stereocenters. The third-order valence-electron chi connectivity index (χ3n) is 3.31. The predicted molar refractivity (Wildman–Crippen MR) is 82.6 cm³/mol. The molecule has 0 saturated carbocycles. The Morgan fingerprint density at radius 3 is 2.70 bits per heavy atom. The lowest BCUT2D eigenvalue weighted by Gasteiger charge is -2.26. The van der Waals surface area contributed by atoms with E-state index in [0.29, 0.717) is 0 Å². The van der Waals surface area contributed by atoms with Crippen molar-refractivity contribution in [2.75, 3.05) is 25.4 Å². The van der Waals surface area contributed by atoms with Crippen molar-refractivity contribution in [2.24, 2.45) is 5.73 Å². The molecule has 1 aliphatic rings. The van der Waals surface area contributed by atoms with Crippen molar-refractivity contribution in [1.82, 2.24) is 9.62 Å². The maximum atomic E-state index is 12.2. The van der Waals surface area contributed by atoms with Gasteiger partial charge in [0.2, 0.25) is 15.9 Å². The number of nitrogens with two attached hydrogens (primary N) is 1. The Morgan fingerprint density at radius 2 is 2.04 bits per heavy atom. The van der Waals surface area contributed by atoms with Crippen molar-refractivity contribution in [3.63, 3.8) is 0 Å². The fraction of sp³-hybridized carbons (Fsp3) is 0.429. The minimum Gasteiger partial charge on any atom is -0.460 e. The van der Waals surface area contributed by atoms with Gasteiger partial charge in [-0.2, -0.15) is 4.31 Å². The van der Waals surface area contributed by atoms with Crippen molar-refractivity contribution in [3.8, 4) is 0 Å². The number of carbonyl (C=O) groups is 2. The summed E-state index contributed by atoms with van der Waals surface area (Å²) in [6.07, 6.45) is 0. The summed E-state index contributed by atoms with van der Waals surface area (Å²) >= 11 is 0. The zero-order valence-corrected chi connectivity index (χ0v) is 13.3. The van der Waals surface area contributed by atoms with Crippen molar-refractivity contribution in [3.05, 3.63) is 35.9 Å². The standard InChI is InChI=1S/C14H19N3O5S/c15-12(14(19)22-9-11-4-2-1-3-5-11)10-23(20,21)17-7-6-16-13(18)8-17/h1-5,12H,6-10,15H2,(H,16,18). The van der Waals surface area contributed by atoms with Crippen molar-refractivity contribution < 1.29 is 22.7 Å². The van der Waals surface area contributed by atoms with Crippen LogP contribution in [-0.2, 0) is 31.0 Å². The van der Waals surface area contributed by atoms with Crippen molar-refractivity contribution in [2.45, 2.75) is 12.6 Å². The number of sulfonamides is 1. The molecule has 1 fully saturated rings. The Hall–Kier alpha value is -1.97. The topological polar surface area (TPSA) is 119 Å². The van der Waals surface area contributed by atoms with Crippen LogP contribution in [-0.4, -0.2) is 56.0 Å². The summed E-state index contributed by atoms with van der Waals surface area (Å²) in [6.45, 7) is 0.180. The quantitative estimate of drug-likeness (QED) is 0.629. The van der Waals surface area contributed by atoms with Gasteiger partial charge in [0.05, 0.1) is 12.3 Å². The second kappa shape index (κ2) is 7.53. The highest BCUT2D eigenvalue weighted by Gasteiger charge is 2.31. The van der Waals surface area contributed by atoms with E-state index in [1.54, 1.807) is 24.3 Å². The Kier molecular flexibility index (Phi) is 5.69. The maximum absolute atomic E-state index is 12.2. The zero-order chi connectivity index (χ0) is 16.9. The van der Waals surface area contributed by atoms with Gasteiger partial charge in [0.25, 0.3) is 0 Å². The van der Waals surface area contributed by atoms with Crippen LogP contribution in [0, 0.1) is 0 Å². The minimum atomic E-state index is -3.80. The summed E-state index contributed by atoms with van der Waals surface area (Å²) < 4.78 is 30.4. The van der Waals surface area contributed by atoms with Crippen molar-refractivity contribution in [1.29, 1.82) is 0 Å². The smallest absolute Gasteiger partial charge is 0.324 e. The van der Waals surface area contributed by atoms with Crippen LogP contribution < -0.4 is 11.1 Å². The molecule has 126 valence electrons. The second-order valence-electron chi connectivity index (χ2n) is 5.16. The highest BCUT2D eigenvalue weighted by atomic mass is 32.2. The van der Waals surface area contributed by atoms with Gasteiger partial charge in [-0.25, -0.2) is 8.42 Å². The van der Waals surface area contributed by atoms with E-state index in [9.17, 15) is 18.0 Å². The monoisotopic (exact) mass is 341 g/mol. The molecule has 1 saturated heterocycles. The van der Waals surface area contributed by atoms with E-state index >= 15 is 0 Å². The Labute approximate surface area is 134 Å². The van der Waals surface area contributed by atoms with Crippen LogP contribution in [0.3, 0.4) is 0 Å². The minimum absolute atomic E-state index is 0.0273. The Bertz CT molecular complexity index is 662. The number of ether oxygens (including phenoxy) is 1. The molecular weight excluding hydrogens is 322 g/mol. The van der Waals surface area contributed by atoms with E-state index in [1.807, 2.05) is 6.07 Å². The van der Waals surface area contributed by atoms with Gasteiger partial charge >= 0.3 is 5.97 Å². The van der Waals surface area contributed by atoms with Gasteiger partial charge in [-0.3, -0.25) is 9.59 Å². The molecule has 1 amide bonds. The van der Waals surface area contributed by atoms with E-state index in [1.165, 1.54) is 0 Å². The average Bonchev–Trinajstić information content (AvgIpc) is 2.53. The van der Waals surface area contributed by atoms with Gasteiger partial charge in [-0.05, 0) is 5.56 Å². The number of hydrogen-bond donors (Lipinski definition) is 2. The van der Waals surface area contributed by atoms with Crippen LogP contribution in [0.1, 0.15) is 5.56 Å². The fourth-order valence-electron chi connectivity index (χ4n) is 2.09. The van der Waals surface area contributed by atoms with E-state index in [4.69, 9.17) is 10.5 Å². The van der Waals surface area contributed by atoms with E-state index < -0.39 is 27.8 Å². The molecule has 23 heavy (non-hydrogen) atoms. The Morgan fingerprint density at radius 1 is 1.35 bits per heavy atom. The summed E-state index contributed by atoms with van der Waals surface area (Å²) in [5, 5.41) is 2.53. The van der Waals surface area contributed by atoms with E-state index in [2.05, 4.69) is 5.32 Å². The largest absolute Gasteiger partial charge is 0.460 e. The normalized spacial score (nSPS) is 17.3. The number of esters is 1. The molecule has 1 aromatic carbocycles. The van der Waals surface area contributed by atoms with Crippen LogP contribution in [0.5, 0.6) is 0 Å². The van der Waals surface area contributed by atoms with E-state index in [0.717, 1.165) is 9.87 Å². The lowest BCUT2D eigenvalue weighted by Crippen LogP contribution is -2.52. The summed E-state index contributed by atoms with van der Waals surface area (Å²) in [5.41, 5.74) is 6.41. The number of rotatable bonds is 6. The highest BCUT2D eigenvalue weighted by molar-refractivity contribution is 7.89. The number of carbonyl (C=O) groups excluding carboxylic acids is 2. The molecule has 1 aliphatic heterocycles. The van der Waals surface area contributed by atoms with Crippen molar-refractivity contribution >= 4 is 21.9 Å². The zero-order valence-electron chi connectivity index (χ0n) is 12.5. The molecule has 9 heteroatoms. The fourth-order valence-corrected chi connectivity index (χ4v) is 3.57. The van der Waals surface area contributed by atoms with Crippen LogP contribution in [0.4, 0.5) is 0 Å². The van der Waals surface area contributed by atoms with Gasteiger partial charge in [0.15, 0.2) is 0 Å². The molecule has 1 atom stereocenters. The maximum Gasteiger partial charge on any atom is 0.324 e. The number of nitrogens with one attached hydrogen (secondary N) is 1. The SMILES string of the molecule is NC(CS(=O)(=O)N1CCNC(=O)C1)C(=O)OCc1ccccc1. The van der Waals surface area contributed by atoms with Crippen LogP contribution >= 0.6 is 0 Å². The molecule has 1 aromatic rings. The Balaban J connectivity index is 1.88. The predicted octanol–water partition coefficient (Wildman–Crippen LogP) is -1.18. The number of amides is 1. The first kappa shape index (κ1) is 17.4. The first-order chi connectivity index (χ1) is 10.9. The number of piperazine rings is 1. The lowest BCUT2D eigenvalue weighted by atomic mass is 10.2. The number of nitrogens with zero attached hydrogens (tertiary/aromatic N) is 1. The molecule has 0 aromatic heterocycles. The summed E-state index contributed by atoms with van der Waals surface area (Å²) in [4.78, 5) is 23.1. The lowest BCUT2D eigenvalue weighted by molar-refractivity contribution is -0.146. The third-order valence-corrected chi connectivity index (χ3v) is 5.19. The molecule has 8 nitrogen and oxygen atoms in total. The summed E-state index contributed by atoms with van der Waals surface area (Å²) in [5.74, 6) is -1.76. The van der Waals surface area contributed by atoms with Gasteiger partial charge in [-0.15, -0.1) is 0 Å². The van der Waals surface area contributed by atoms with Gasteiger partial charge < -0.3 is 15.8 Å². The number of benzene rings is 1. The van der Waals surface area contributed by atoms with Gasteiger partial charge in [0, 0.05) is 13.1 Å². The highest BCUT2D eigenvalue weighted by Crippen LogP contribution is 2.07. The summed E-state index contributed by atoms with van der Waals surface area (Å²) in [6, 6.07) is 7.69. The first-order valence-corrected chi connectivity index (χ1v) is 8.70. The molecule has 3 N–H and O–H groups in total. The first-order valence-electron chi connectivity index (χ1n) is 7.09. The van der Waals surface area contributed by atoms with E-state index in [-0.39, 0.29) is 32.1 Å².